The molecule has 0 fully saturated rings. The van der Waals surface area contributed by atoms with Gasteiger partial charge in [0.05, 0.1) is 5.56 Å². The van der Waals surface area contributed by atoms with E-state index in [0.717, 1.165) is 24.2 Å². The third-order valence-electron chi connectivity index (χ3n) is 3.67. The molecule has 0 saturated carbocycles. The van der Waals surface area contributed by atoms with Gasteiger partial charge in [-0.05, 0) is 29.5 Å². The van der Waals surface area contributed by atoms with Crippen molar-refractivity contribution in [2.75, 3.05) is 6.54 Å². The molecule has 0 aromatic heterocycles. The van der Waals surface area contributed by atoms with Gasteiger partial charge in [-0.25, -0.2) is 0 Å². The molecule has 0 heterocycles. The van der Waals surface area contributed by atoms with Crippen LogP contribution in [-0.4, -0.2) is 6.54 Å². The third-order valence-corrected chi connectivity index (χ3v) is 3.67. The first-order valence-corrected chi connectivity index (χ1v) is 7.61. The maximum absolute atomic E-state index is 12.5. The summed E-state index contributed by atoms with van der Waals surface area (Å²) in [5, 5.41) is 3.35. The number of unbranched alkanes of at least 4 members (excludes halogenated alkanes) is 2. The number of benzene rings is 1. The highest BCUT2D eigenvalue weighted by Crippen LogP contribution is 2.29. The normalized spacial score (nSPS) is 12.7. The van der Waals surface area contributed by atoms with E-state index in [1.54, 1.807) is 12.1 Å². The Kier molecular flexibility index (Phi) is 6.72. The van der Waals surface area contributed by atoms with Crippen LogP contribution in [0.4, 0.5) is 13.2 Å². The van der Waals surface area contributed by atoms with Crippen LogP contribution in [0.3, 0.4) is 0 Å². The molecule has 0 unspecified atom stereocenters. The van der Waals surface area contributed by atoms with E-state index in [1.165, 1.54) is 25.7 Å². The average Bonchev–Trinajstić information content (AvgIpc) is 2.38. The molecule has 0 saturated heterocycles. The zero-order chi connectivity index (χ0) is 15.9. The van der Waals surface area contributed by atoms with Gasteiger partial charge < -0.3 is 5.32 Å². The standard InChI is InChI=1S/C17H26F3N/c1-4-5-6-11-16(2,3)13-21-12-14-7-9-15(10-8-14)17(18,19)20/h7-10,21H,4-6,11-13H2,1-3H3. The van der Waals surface area contributed by atoms with Crippen LogP contribution in [0.25, 0.3) is 0 Å². The summed E-state index contributed by atoms with van der Waals surface area (Å²) in [5.41, 5.74) is 0.514. The van der Waals surface area contributed by atoms with Gasteiger partial charge in [-0.1, -0.05) is 52.2 Å². The molecular formula is C17H26F3N. The molecule has 4 heteroatoms. The van der Waals surface area contributed by atoms with Crippen LogP contribution in [0, 0.1) is 5.41 Å². The van der Waals surface area contributed by atoms with Crippen LogP contribution >= 0.6 is 0 Å². The molecule has 0 aliphatic rings. The van der Waals surface area contributed by atoms with E-state index in [2.05, 4.69) is 26.1 Å². The molecular weight excluding hydrogens is 275 g/mol. The fraction of sp³-hybridized carbons (Fsp3) is 0.647. The second-order valence-electron chi connectivity index (χ2n) is 6.42. The number of alkyl halides is 3. The lowest BCUT2D eigenvalue weighted by atomic mass is 9.87. The van der Waals surface area contributed by atoms with E-state index in [4.69, 9.17) is 0 Å². The topological polar surface area (TPSA) is 12.0 Å². The van der Waals surface area contributed by atoms with Crippen molar-refractivity contribution in [3.05, 3.63) is 35.4 Å². The second-order valence-corrected chi connectivity index (χ2v) is 6.42. The SMILES string of the molecule is CCCCCC(C)(C)CNCc1ccc(C(F)(F)F)cc1. The lowest BCUT2D eigenvalue weighted by Gasteiger charge is -2.25. The van der Waals surface area contributed by atoms with Crippen molar-refractivity contribution in [1.82, 2.24) is 5.32 Å². The Morgan fingerprint density at radius 1 is 1.00 bits per heavy atom. The van der Waals surface area contributed by atoms with Gasteiger partial charge >= 0.3 is 6.18 Å². The molecule has 0 amide bonds. The van der Waals surface area contributed by atoms with Crippen LogP contribution in [-0.2, 0) is 12.7 Å². The van der Waals surface area contributed by atoms with Gasteiger partial charge in [-0.2, -0.15) is 13.2 Å². The first-order chi connectivity index (χ1) is 9.74. The van der Waals surface area contributed by atoms with Crippen molar-refractivity contribution in [1.29, 1.82) is 0 Å². The predicted octanol–water partition coefficient (Wildman–Crippen LogP) is 5.40. The highest BCUT2D eigenvalue weighted by molar-refractivity contribution is 5.24. The molecule has 0 atom stereocenters. The van der Waals surface area contributed by atoms with Crippen molar-refractivity contribution < 1.29 is 13.2 Å². The Bertz CT molecular complexity index is 407. The fourth-order valence-electron chi connectivity index (χ4n) is 2.30. The number of nitrogens with one attached hydrogen (secondary N) is 1. The lowest BCUT2D eigenvalue weighted by Crippen LogP contribution is -2.29. The summed E-state index contributed by atoms with van der Waals surface area (Å²) in [6.07, 6.45) is 0.608. The lowest BCUT2D eigenvalue weighted by molar-refractivity contribution is -0.137. The molecule has 0 aliphatic heterocycles. The molecule has 0 spiro atoms. The smallest absolute Gasteiger partial charge is 0.312 e. The van der Waals surface area contributed by atoms with Crippen LogP contribution in [0.5, 0.6) is 0 Å². The van der Waals surface area contributed by atoms with Crippen LogP contribution in [0.1, 0.15) is 57.6 Å². The maximum atomic E-state index is 12.5. The zero-order valence-electron chi connectivity index (χ0n) is 13.2. The van der Waals surface area contributed by atoms with E-state index >= 15 is 0 Å². The minimum atomic E-state index is -4.26. The highest BCUT2D eigenvalue weighted by atomic mass is 19.4. The van der Waals surface area contributed by atoms with Gasteiger partial charge in [0.1, 0.15) is 0 Å². The van der Waals surface area contributed by atoms with Crippen LogP contribution in [0.2, 0.25) is 0 Å². The first-order valence-electron chi connectivity index (χ1n) is 7.61. The molecule has 0 radical (unpaired) electrons. The number of hydrogen-bond acceptors (Lipinski definition) is 1. The average molecular weight is 301 g/mol. The molecule has 120 valence electrons. The summed E-state index contributed by atoms with van der Waals surface area (Å²) >= 11 is 0. The maximum Gasteiger partial charge on any atom is 0.416 e. The van der Waals surface area contributed by atoms with E-state index in [0.29, 0.717) is 6.54 Å². The summed E-state index contributed by atoms with van der Waals surface area (Å²) in [7, 11) is 0. The predicted molar refractivity (Wildman–Crippen MR) is 81.1 cm³/mol. The summed E-state index contributed by atoms with van der Waals surface area (Å²) in [4.78, 5) is 0. The molecule has 1 N–H and O–H groups in total. The zero-order valence-corrected chi connectivity index (χ0v) is 13.2. The van der Waals surface area contributed by atoms with Crippen molar-refractivity contribution in [3.8, 4) is 0 Å². The van der Waals surface area contributed by atoms with Gasteiger partial charge in [0.2, 0.25) is 0 Å². The Morgan fingerprint density at radius 2 is 1.62 bits per heavy atom. The van der Waals surface area contributed by atoms with Crippen LogP contribution in [0.15, 0.2) is 24.3 Å². The summed E-state index contributed by atoms with van der Waals surface area (Å²) in [6.45, 7) is 8.12. The van der Waals surface area contributed by atoms with E-state index in [1.807, 2.05) is 0 Å². The minimum Gasteiger partial charge on any atom is -0.312 e. The van der Waals surface area contributed by atoms with Crippen molar-refractivity contribution in [2.45, 2.75) is 59.2 Å². The van der Waals surface area contributed by atoms with Gasteiger partial charge in [0.25, 0.3) is 0 Å². The number of hydrogen-bond donors (Lipinski definition) is 1. The van der Waals surface area contributed by atoms with E-state index < -0.39 is 11.7 Å². The second kappa shape index (κ2) is 7.83. The first kappa shape index (κ1) is 18.0. The van der Waals surface area contributed by atoms with Crippen molar-refractivity contribution in [3.63, 3.8) is 0 Å². The third kappa shape index (κ3) is 6.98. The van der Waals surface area contributed by atoms with Crippen molar-refractivity contribution >= 4 is 0 Å². The van der Waals surface area contributed by atoms with Crippen LogP contribution < -0.4 is 5.32 Å². The Labute approximate surface area is 125 Å². The summed E-state index contributed by atoms with van der Waals surface area (Å²) in [5.74, 6) is 0. The molecule has 0 bridgehead atoms. The highest BCUT2D eigenvalue weighted by Gasteiger charge is 2.29. The fourth-order valence-corrected chi connectivity index (χ4v) is 2.30. The minimum absolute atomic E-state index is 0.223. The largest absolute Gasteiger partial charge is 0.416 e. The Balaban J connectivity index is 2.38. The van der Waals surface area contributed by atoms with E-state index in [-0.39, 0.29) is 5.41 Å². The van der Waals surface area contributed by atoms with Gasteiger partial charge in [0, 0.05) is 13.1 Å². The molecule has 1 nitrogen and oxygen atoms in total. The molecule has 0 aliphatic carbocycles. The van der Waals surface area contributed by atoms with Gasteiger partial charge in [-0.15, -0.1) is 0 Å². The summed E-state index contributed by atoms with van der Waals surface area (Å²) < 4.78 is 37.4. The monoisotopic (exact) mass is 301 g/mol. The van der Waals surface area contributed by atoms with Gasteiger partial charge in [-0.3, -0.25) is 0 Å². The molecule has 1 rings (SSSR count). The molecule has 1 aromatic rings. The molecule has 21 heavy (non-hydrogen) atoms. The number of rotatable bonds is 8. The molecule has 1 aromatic carbocycles. The Morgan fingerprint density at radius 3 is 2.14 bits per heavy atom. The van der Waals surface area contributed by atoms with Crippen molar-refractivity contribution in [2.24, 2.45) is 5.41 Å². The Hall–Kier alpha value is -1.03. The number of halogens is 3. The quantitative estimate of drug-likeness (QED) is 0.634. The van der Waals surface area contributed by atoms with Gasteiger partial charge in [0.15, 0.2) is 0 Å². The summed E-state index contributed by atoms with van der Waals surface area (Å²) in [6, 6.07) is 5.37. The van der Waals surface area contributed by atoms with E-state index in [9.17, 15) is 13.2 Å².